The summed E-state index contributed by atoms with van der Waals surface area (Å²) in [6, 6.07) is 5.46. The first-order valence-corrected chi connectivity index (χ1v) is 5.02. The van der Waals surface area contributed by atoms with Crippen LogP contribution in [0, 0.1) is 12.3 Å². The quantitative estimate of drug-likeness (QED) is 0.752. The summed E-state index contributed by atoms with van der Waals surface area (Å²) in [6.07, 6.45) is 5.98. The van der Waals surface area contributed by atoms with Gasteiger partial charge < -0.3 is 10.1 Å². The molecule has 0 aliphatic rings. The Labute approximate surface area is 93.1 Å². The standard InChI is InChI=1S/C13H11NO2/c1-3-8-5-6-11-10(7-8)9(4-2)12(14-11)13(15)16/h1,5-7,14H,4H2,2H3,(H,15,16). The molecular weight excluding hydrogens is 202 g/mol. The Bertz CT molecular complexity index is 602. The van der Waals surface area contributed by atoms with Crippen LogP contribution in [0.15, 0.2) is 18.2 Å². The lowest BCUT2D eigenvalue weighted by Crippen LogP contribution is -2.00. The van der Waals surface area contributed by atoms with Crippen LogP contribution in [0.1, 0.15) is 28.5 Å². The van der Waals surface area contributed by atoms with Gasteiger partial charge in [-0.15, -0.1) is 6.42 Å². The van der Waals surface area contributed by atoms with Gasteiger partial charge in [-0.25, -0.2) is 4.79 Å². The maximum absolute atomic E-state index is 11.0. The van der Waals surface area contributed by atoms with E-state index in [1.54, 1.807) is 6.07 Å². The molecule has 0 amide bonds. The molecule has 0 fully saturated rings. The molecule has 3 nitrogen and oxygen atoms in total. The molecular formula is C13H11NO2. The third kappa shape index (κ3) is 1.45. The average molecular weight is 213 g/mol. The molecule has 0 spiro atoms. The zero-order chi connectivity index (χ0) is 11.7. The van der Waals surface area contributed by atoms with Crippen LogP contribution < -0.4 is 0 Å². The summed E-state index contributed by atoms with van der Waals surface area (Å²) in [7, 11) is 0. The average Bonchev–Trinajstić information content (AvgIpc) is 2.66. The number of hydrogen-bond donors (Lipinski definition) is 2. The lowest BCUT2D eigenvalue weighted by molar-refractivity contribution is 0.0690. The number of terminal acetylenes is 1. The van der Waals surface area contributed by atoms with E-state index in [0.717, 1.165) is 22.0 Å². The van der Waals surface area contributed by atoms with Crippen molar-refractivity contribution in [2.24, 2.45) is 0 Å². The van der Waals surface area contributed by atoms with Gasteiger partial charge in [0.15, 0.2) is 0 Å². The van der Waals surface area contributed by atoms with Crippen LogP contribution in [-0.4, -0.2) is 16.1 Å². The molecule has 0 unspecified atom stereocenters. The first kappa shape index (κ1) is 10.3. The number of nitrogens with one attached hydrogen (secondary N) is 1. The Kier molecular flexibility index (Phi) is 2.41. The summed E-state index contributed by atoms with van der Waals surface area (Å²) in [6.45, 7) is 1.93. The Morgan fingerprint density at radius 1 is 1.56 bits per heavy atom. The van der Waals surface area contributed by atoms with Gasteiger partial charge in [-0.3, -0.25) is 0 Å². The molecule has 80 valence electrons. The zero-order valence-electron chi connectivity index (χ0n) is 8.87. The molecule has 0 saturated heterocycles. The monoisotopic (exact) mass is 213 g/mol. The third-order valence-electron chi connectivity index (χ3n) is 2.64. The van der Waals surface area contributed by atoms with Gasteiger partial charge in [0.1, 0.15) is 5.69 Å². The fraction of sp³-hybridized carbons (Fsp3) is 0.154. The number of carbonyl (C=O) groups is 1. The van der Waals surface area contributed by atoms with Gasteiger partial charge in [-0.2, -0.15) is 0 Å². The first-order valence-electron chi connectivity index (χ1n) is 5.02. The highest BCUT2D eigenvalue weighted by molar-refractivity contribution is 5.97. The van der Waals surface area contributed by atoms with Crippen molar-refractivity contribution in [1.29, 1.82) is 0 Å². The summed E-state index contributed by atoms with van der Waals surface area (Å²) in [5.41, 5.74) is 2.64. The van der Waals surface area contributed by atoms with Crippen molar-refractivity contribution in [2.45, 2.75) is 13.3 Å². The molecule has 3 heteroatoms. The summed E-state index contributed by atoms with van der Waals surface area (Å²) >= 11 is 0. The molecule has 0 bridgehead atoms. The number of benzene rings is 1. The summed E-state index contributed by atoms with van der Waals surface area (Å²) in [4.78, 5) is 13.9. The second-order valence-electron chi connectivity index (χ2n) is 3.54. The summed E-state index contributed by atoms with van der Waals surface area (Å²) < 4.78 is 0. The van der Waals surface area contributed by atoms with E-state index in [0.29, 0.717) is 6.42 Å². The van der Waals surface area contributed by atoms with Gasteiger partial charge >= 0.3 is 5.97 Å². The second kappa shape index (κ2) is 3.74. The molecule has 2 rings (SSSR count). The van der Waals surface area contributed by atoms with Crippen molar-refractivity contribution < 1.29 is 9.90 Å². The van der Waals surface area contributed by atoms with E-state index in [4.69, 9.17) is 11.5 Å². The molecule has 0 aliphatic heterocycles. The number of H-pyrrole nitrogens is 1. The Morgan fingerprint density at radius 3 is 2.88 bits per heavy atom. The number of fused-ring (bicyclic) bond motifs is 1. The van der Waals surface area contributed by atoms with E-state index in [2.05, 4.69) is 10.9 Å². The van der Waals surface area contributed by atoms with Crippen LogP contribution in [0.2, 0.25) is 0 Å². The molecule has 0 atom stereocenters. The Hall–Kier alpha value is -2.21. The fourth-order valence-corrected chi connectivity index (χ4v) is 1.89. The predicted octanol–water partition coefficient (Wildman–Crippen LogP) is 2.41. The molecule has 1 aromatic heterocycles. The number of aromatic nitrogens is 1. The number of aryl methyl sites for hydroxylation is 1. The van der Waals surface area contributed by atoms with Crippen LogP contribution in [0.5, 0.6) is 0 Å². The van der Waals surface area contributed by atoms with Crippen LogP contribution >= 0.6 is 0 Å². The minimum absolute atomic E-state index is 0.256. The van der Waals surface area contributed by atoms with Crippen molar-refractivity contribution in [1.82, 2.24) is 4.98 Å². The highest BCUT2D eigenvalue weighted by atomic mass is 16.4. The number of carboxylic acids is 1. The summed E-state index contributed by atoms with van der Waals surface area (Å²) in [5.74, 6) is 1.61. The van der Waals surface area contributed by atoms with Crippen molar-refractivity contribution >= 4 is 16.9 Å². The first-order chi connectivity index (χ1) is 7.67. The fourth-order valence-electron chi connectivity index (χ4n) is 1.89. The van der Waals surface area contributed by atoms with E-state index in [1.165, 1.54) is 0 Å². The zero-order valence-corrected chi connectivity index (χ0v) is 8.87. The molecule has 1 heterocycles. The van der Waals surface area contributed by atoms with Gasteiger partial charge in [-0.1, -0.05) is 12.8 Å². The highest BCUT2D eigenvalue weighted by Crippen LogP contribution is 2.24. The third-order valence-corrected chi connectivity index (χ3v) is 2.64. The molecule has 2 aromatic rings. The summed E-state index contributed by atoms with van der Waals surface area (Å²) in [5, 5.41) is 9.95. The Morgan fingerprint density at radius 2 is 2.31 bits per heavy atom. The van der Waals surface area contributed by atoms with E-state index in [-0.39, 0.29) is 5.69 Å². The number of rotatable bonds is 2. The molecule has 2 N–H and O–H groups in total. The molecule has 0 radical (unpaired) electrons. The largest absolute Gasteiger partial charge is 0.477 e. The van der Waals surface area contributed by atoms with E-state index in [9.17, 15) is 4.79 Å². The number of aromatic amines is 1. The minimum atomic E-state index is -0.935. The van der Waals surface area contributed by atoms with Crippen molar-refractivity contribution in [2.75, 3.05) is 0 Å². The second-order valence-corrected chi connectivity index (χ2v) is 3.54. The van der Waals surface area contributed by atoms with E-state index < -0.39 is 5.97 Å². The Balaban J connectivity index is 2.79. The smallest absolute Gasteiger partial charge is 0.352 e. The van der Waals surface area contributed by atoms with Crippen LogP contribution in [0.4, 0.5) is 0 Å². The molecule has 16 heavy (non-hydrogen) atoms. The van der Waals surface area contributed by atoms with Gasteiger partial charge in [0.05, 0.1) is 0 Å². The maximum Gasteiger partial charge on any atom is 0.352 e. The van der Waals surface area contributed by atoms with E-state index in [1.807, 2.05) is 19.1 Å². The molecule has 1 aromatic carbocycles. The van der Waals surface area contributed by atoms with Crippen LogP contribution in [0.25, 0.3) is 10.9 Å². The SMILES string of the molecule is C#Cc1ccc2[nH]c(C(=O)O)c(CC)c2c1. The lowest BCUT2D eigenvalue weighted by Gasteiger charge is -1.96. The van der Waals surface area contributed by atoms with Crippen LogP contribution in [0.3, 0.4) is 0 Å². The molecule has 0 saturated carbocycles. The number of carboxylic acid groups (broad SMARTS) is 1. The van der Waals surface area contributed by atoms with Gasteiger partial charge in [-0.05, 0) is 30.2 Å². The van der Waals surface area contributed by atoms with Gasteiger partial charge in [0, 0.05) is 16.5 Å². The van der Waals surface area contributed by atoms with Crippen molar-refractivity contribution in [3.63, 3.8) is 0 Å². The van der Waals surface area contributed by atoms with Gasteiger partial charge in [0.2, 0.25) is 0 Å². The maximum atomic E-state index is 11.0. The minimum Gasteiger partial charge on any atom is -0.477 e. The molecule has 0 aliphatic carbocycles. The highest BCUT2D eigenvalue weighted by Gasteiger charge is 2.15. The van der Waals surface area contributed by atoms with Crippen molar-refractivity contribution in [3.8, 4) is 12.3 Å². The van der Waals surface area contributed by atoms with Crippen LogP contribution in [-0.2, 0) is 6.42 Å². The topological polar surface area (TPSA) is 53.1 Å². The lowest BCUT2D eigenvalue weighted by atomic mass is 10.1. The predicted molar refractivity (Wildman–Crippen MR) is 62.6 cm³/mol. The van der Waals surface area contributed by atoms with Gasteiger partial charge in [0.25, 0.3) is 0 Å². The van der Waals surface area contributed by atoms with Crippen molar-refractivity contribution in [3.05, 3.63) is 35.0 Å². The number of aromatic carboxylic acids is 1. The normalized spacial score (nSPS) is 10.2. The van der Waals surface area contributed by atoms with E-state index >= 15 is 0 Å². The number of hydrogen-bond acceptors (Lipinski definition) is 1.